The molecule has 0 fully saturated rings. The normalized spacial score (nSPS) is 12.2. The van der Waals surface area contributed by atoms with E-state index in [2.05, 4.69) is 39.7 Å². The average molecular weight is 410 g/mol. The van der Waals surface area contributed by atoms with E-state index in [0.717, 1.165) is 24.6 Å². The topological polar surface area (TPSA) is 49.3 Å². The van der Waals surface area contributed by atoms with E-state index in [-0.39, 0.29) is 30.0 Å². The van der Waals surface area contributed by atoms with E-state index in [0.29, 0.717) is 0 Å². The van der Waals surface area contributed by atoms with Crippen molar-refractivity contribution in [3.63, 3.8) is 0 Å². The summed E-state index contributed by atoms with van der Waals surface area (Å²) >= 11 is 0. The predicted molar refractivity (Wildman–Crippen MR) is 103 cm³/mol. The number of hydrogen-bond donors (Lipinski definition) is 2. The highest BCUT2D eigenvalue weighted by Gasteiger charge is 2.06. The third-order valence-corrected chi connectivity index (χ3v) is 3.28. The van der Waals surface area contributed by atoms with Gasteiger partial charge in [-0.25, -0.2) is 0 Å². The van der Waals surface area contributed by atoms with Gasteiger partial charge in [-0.3, -0.25) is 9.98 Å². The minimum Gasteiger partial charge on any atom is -0.356 e. The van der Waals surface area contributed by atoms with Crippen molar-refractivity contribution in [2.45, 2.75) is 19.4 Å². The van der Waals surface area contributed by atoms with Gasteiger partial charge in [-0.2, -0.15) is 0 Å². The molecule has 118 valence electrons. The van der Waals surface area contributed by atoms with E-state index >= 15 is 0 Å². The van der Waals surface area contributed by atoms with E-state index in [9.17, 15) is 0 Å². The number of halogens is 1. The molecule has 2 N–H and O–H groups in total. The van der Waals surface area contributed by atoms with Gasteiger partial charge in [0.05, 0.1) is 6.04 Å². The van der Waals surface area contributed by atoms with Gasteiger partial charge in [0.2, 0.25) is 0 Å². The first-order valence-corrected chi connectivity index (χ1v) is 7.21. The Morgan fingerprint density at radius 1 is 1.14 bits per heavy atom. The highest BCUT2D eigenvalue weighted by molar-refractivity contribution is 14.0. The van der Waals surface area contributed by atoms with Crippen LogP contribution in [-0.2, 0) is 6.42 Å². The van der Waals surface area contributed by atoms with Gasteiger partial charge in [-0.15, -0.1) is 24.0 Å². The first-order valence-electron chi connectivity index (χ1n) is 7.21. The molecule has 1 heterocycles. The molecule has 1 atom stereocenters. The zero-order chi connectivity index (χ0) is 14.9. The fourth-order valence-electron chi connectivity index (χ4n) is 2.08. The number of aromatic nitrogens is 1. The molecule has 4 nitrogen and oxygen atoms in total. The van der Waals surface area contributed by atoms with E-state index in [1.54, 1.807) is 7.05 Å². The second-order valence-electron chi connectivity index (χ2n) is 4.85. The second kappa shape index (κ2) is 10.2. The highest BCUT2D eigenvalue weighted by atomic mass is 127. The summed E-state index contributed by atoms with van der Waals surface area (Å²) in [5.41, 5.74) is 2.32. The minimum atomic E-state index is 0. The van der Waals surface area contributed by atoms with Crippen LogP contribution in [0.3, 0.4) is 0 Å². The lowest BCUT2D eigenvalue weighted by atomic mass is 10.1. The van der Waals surface area contributed by atoms with Crippen LogP contribution in [0.5, 0.6) is 0 Å². The van der Waals surface area contributed by atoms with Crippen molar-refractivity contribution in [3.05, 3.63) is 66.0 Å². The molecule has 5 heteroatoms. The van der Waals surface area contributed by atoms with Crippen molar-refractivity contribution < 1.29 is 0 Å². The van der Waals surface area contributed by atoms with Crippen LogP contribution in [-0.4, -0.2) is 24.5 Å². The summed E-state index contributed by atoms with van der Waals surface area (Å²) < 4.78 is 0. The van der Waals surface area contributed by atoms with Crippen molar-refractivity contribution in [3.8, 4) is 0 Å². The maximum Gasteiger partial charge on any atom is 0.191 e. The molecule has 1 unspecified atom stereocenters. The molecule has 1 aromatic carbocycles. The Hall–Kier alpha value is -1.63. The van der Waals surface area contributed by atoms with Crippen molar-refractivity contribution in [2.75, 3.05) is 13.6 Å². The van der Waals surface area contributed by atoms with Crippen LogP contribution >= 0.6 is 24.0 Å². The Morgan fingerprint density at radius 3 is 2.50 bits per heavy atom. The van der Waals surface area contributed by atoms with Gasteiger partial charge >= 0.3 is 0 Å². The Bertz CT molecular complexity index is 557. The maximum atomic E-state index is 4.31. The molecule has 0 spiro atoms. The molecule has 2 aromatic rings. The summed E-state index contributed by atoms with van der Waals surface area (Å²) in [7, 11) is 1.79. The molecule has 0 amide bonds. The first-order chi connectivity index (χ1) is 10.3. The van der Waals surface area contributed by atoms with Crippen LogP contribution in [0.15, 0.2) is 59.7 Å². The quantitative estimate of drug-likeness (QED) is 0.452. The zero-order valence-corrected chi connectivity index (χ0v) is 15.3. The van der Waals surface area contributed by atoms with E-state index in [4.69, 9.17) is 0 Å². The summed E-state index contributed by atoms with van der Waals surface area (Å²) in [5.74, 6) is 0.808. The largest absolute Gasteiger partial charge is 0.356 e. The molecule has 0 aliphatic heterocycles. The summed E-state index contributed by atoms with van der Waals surface area (Å²) in [6, 6.07) is 16.5. The van der Waals surface area contributed by atoms with Crippen molar-refractivity contribution in [1.82, 2.24) is 15.6 Å². The molecule has 0 aliphatic rings. The maximum absolute atomic E-state index is 4.31. The van der Waals surface area contributed by atoms with Crippen molar-refractivity contribution in [1.29, 1.82) is 0 Å². The number of guanidine groups is 1. The first kappa shape index (κ1) is 18.4. The fraction of sp³-hybridized carbons (Fsp3) is 0.294. The molecule has 0 aliphatic carbocycles. The number of nitrogens with zero attached hydrogens (tertiary/aromatic N) is 2. The number of aliphatic imine (C=N–C) groups is 1. The third-order valence-electron chi connectivity index (χ3n) is 3.28. The van der Waals surface area contributed by atoms with Gasteiger partial charge in [0.15, 0.2) is 5.96 Å². The van der Waals surface area contributed by atoms with E-state index < -0.39 is 0 Å². The summed E-state index contributed by atoms with van der Waals surface area (Å²) in [4.78, 5) is 8.57. The summed E-state index contributed by atoms with van der Waals surface area (Å²) in [5, 5.41) is 6.71. The Kier molecular flexibility index (Phi) is 8.50. The smallest absolute Gasteiger partial charge is 0.191 e. The summed E-state index contributed by atoms with van der Waals surface area (Å²) in [6.45, 7) is 2.93. The number of rotatable bonds is 5. The van der Waals surface area contributed by atoms with Crippen LogP contribution in [0, 0.1) is 0 Å². The molecular weight excluding hydrogens is 387 g/mol. The molecule has 0 saturated carbocycles. The van der Waals surface area contributed by atoms with Crippen LogP contribution in [0.4, 0.5) is 0 Å². The van der Waals surface area contributed by atoms with Gasteiger partial charge in [0, 0.05) is 31.9 Å². The molecule has 1 aromatic heterocycles. The van der Waals surface area contributed by atoms with Crippen molar-refractivity contribution in [2.24, 2.45) is 4.99 Å². The number of nitrogens with one attached hydrogen (secondary N) is 2. The van der Waals surface area contributed by atoms with E-state index in [1.165, 1.54) is 5.56 Å². The third kappa shape index (κ3) is 6.01. The average Bonchev–Trinajstić information content (AvgIpc) is 2.55. The number of pyridine rings is 1. The lowest BCUT2D eigenvalue weighted by Gasteiger charge is -2.18. The van der Waals surface area contributed by atoms with Crippen LogP contribution in [0.1, 0.15) is 24.2 Å². The van der Waals surface area contributed by atoms with Crippen LogP contribution in [0.25, 0.3) is 0 Å². The number of hydrogen-bond acceptors (Lipinski definition) is 2. The van der Waals surface area contributed by atoms with Gasteiger partial charge in [0.1, 0.15) is 0 Å². The molecule has 2 rings (SSSR count). The lowest BCUT2D eigenvalue weighted by molar-refractivity contribution is 0.683. The van der Waals surface area contributed by atoms with Gasteiger partial charge in [0.25, 0.3) is 0 Å². The van der Waals surface area contributed by atoms with Gasteiger partial charge in [-0.1, -0.05) is 36.4 Å². The minimum absolute atomic E-state index is 0. The highest BCUT2D eigenvalue weighted by Crippen LogP contribution is 2.10. The Morgan fingerprint density at radius 2 is 1.86 bits per heavy atom. The van der Waals surface area contributed by atoms with Crippen molar-refractivity contribution >= 4 is 29.9 Å². The SMILES string of the molecule is CN=C(NCCc1ccccn1)NC(C)c1ccccc1.I. The van der Waals surface area contributed by atoms with E-state index in [1.807, 2.05) is 42.6 Å². The molecule has 22 heavy (non-hydrogen) atoms. The number of benzene rings is 1. The molecular formula is C17H23IN4. The lowest BCUT2D eigenvalue weighted by Crippen LogP contribution is -2.39. The fourth-order valence-corrected chi connectivity index (χ4v) is 2.08. The van der Waals surface area contributed by atoms with Gasteiger partial charge < -0.3 is 10.6 Å². The monoisotopic (exact) mass is 410 g/mol. The van der Waals surface area contributed by atoms with Gasteiger partial charge in [-0.05, 0) is 24.6 Å². The molecule has 0 radical (unpaired) electrons. The van der Waals surface area contributed by atoms with Crippen LogP contribution < -0.4 is 10.6 Å². The molecule has 0 saturated heterocycles. The summed E-state index contributed by atoms with van der Waals surface area (Å²) in [6.07, 6.45) is 2.70. The predicted octanol–water partition coefficient (Wildman–Crippen LogP) is 3.17. The Labute approximate surface area is 149 Å². The zero-order valence-electron chi connectivity index (χ0n) is 13.0. The van der Waals surface area contributed by atoms with Crippen LogP contribution in [0.2, 0.25) is 0 Å². The molecule has 0 bridgehead atoms. The standard InChI is InChI=1S/C17H22N4.HI/c1-14(15-8-4-3-5-9-15)21-17(18-2)20-13-11-16-10-6-7-12-19-16;/h3-10,12,14H,11,13H2,1-2H3,(H2,18,20,21);1H. The second-order valence-corrected chi connectivity index (χ2v) is 4.85. The Balaban J connectivity index is 0.00000242.